The second kappa shape index (κ2) is 11.7. The van der Waals surface area contributed by atoms with Gasteiger partial charge in [-0.1, -0.05) is 23.7 Å². The average Bonchev–Trinajstić information content (AvgIpc) is 3.35. The normalized spacial score (nSPS) is 16.9. The molecule has 40 heavy (non-hydrogen) atoms. The number of nitrogen functional groups attached to an aromatic ring is 2. The van der Waals surface area contributed by atoms with Crippen LogP contribution < -0.4 is 26.8 Å². The number of aryl methyl sites for hydroxylation is 1. The number of carbonyl (C=O) groups is 2. The van der Waals surface area contributed by atoms with E-state index in [1.165, 1.54) is 0 Å². The molecule has 2 fully saturated rings. The Bertz CT molecular complexity index is 1410. The van der Waals surface area contributed by atoms with Crippen LogP contribution in [0.5, 0.6) is 5.75 Å². The number of piperidine rings is 1. The highest BCUT2D eigenvalue weighted by Gasteiger charge is 2.40. The number of aliphatic imine (C=N–C) groups is 1. The van der Waals surface area contributed by atoms with E-state index in [-0.39, 0.29) is 33.9 Å². The SMILES string of the molecule is Nc1nc(N)c(C(=O)/N=C2\NCC3(CCN(C(=O)CCc4ccc(OCc5ccncc5)cc4)CC3)N2)nc1Cl. The fourth-order valence-corrected chi connectivity index (χ4v) is 4.83. The fraction of sp³-hybridized carbons (Fsp3) is 0.333. The van der Waals surface area contributed by atoms with Crippen molar-refractivity contribution in [3.63, 3.8) is 0 Å². The molecule has 5 rings (SSSR count). The van der Waals surface area contributed by atoms with Gasteiger partial charge in [0.2, 0.25) is 5.91 Å². The highest BCUT2D eigenvalue weighted by molar-refractivity contribution is 6.31. The Kier molecular flexibility index (Phi) is 7.96. The fourth-order valence-electron chi connectivity index (χ4n) is 4.71. The third kappa shape index (κ3) is 6.40. The third-order valence-corrected chi connectivity index (χ3v) is 7.36. The number of nitrogens with zero attached hydrogens (tertiary/aromatic N) is 5. The van der Waals surface area contributed by atoms with Crippen LogP contribution in [0.1, 0.15) is 40.9 Å². The highest BCUT2D eigenvalue weighted by Crippen LogP contribution is 2.26. The number of halogens is 1. The summed E-state index contributed by atoms with van der Waals surface area (Å²) in [6.45, 7) is 2.29. The molecular formula is C27H30ClN9O3. The molecule has 208 valence electrons. The average molecular weight is 564 g/mol. The van der Waals surface area contributed by atoms with E-state index in [4.69, 9.17) is 27.8 Å². The molecule has 0 saturated carbocycles. The molecule has 1 aromatic carbocycles. The van der Waals surface area contributed by atoms with Gasteiger partial charge in [-0.05, 0) is 54.7 Å². The maximum atomic E-state index is 12.9. The Labute approximate surface area is 236 Å². The van der Waals surface area contributed by atoms with Gasteiger partial charge in [0.15, 0.2) is 28.4 Å². The van der Waals surface area contributed by atoms with Crippen LogP contribution in [0.4, 0.5) is 11.6 Å². The maximum absolute atomic E-state index is 12.9. The van der Waals surface area contributed by atoms with E-state index in [0.717, 1.165) is 29.7 Å². The number of hydrogen-bond donors (Lipinski definition) is 4. The summed E-state index contributed by atoms with van der Waals surface area (Å²) in [5.74, 6) is 0.357. The van der Waals surface area contributed by atoms with Gasteiger partial charge in [-0.2, -0.15) is 4.99 Å². The van der Waals surface area contributed by atoms with Crippen LogP contribution in [0.3, 0.4) is 0 Å². The van der Waals surface area contributed by atoms with Crippen molar-refractivity contribution in [3.8, 4) is 5.75 Å². The lowest BCUT2D eigenvalue weighted by molar-refractivity contribution is -0.132. The van der Waals surface area contributed by atoms with Gasteiger partial charge in [0.05, 0.1) is 5.54 Å². The van der Waals surface area contributed by atoms with Gasteiger partial charge in [-0.25, -0.2) is 9.97 Å². The minimum atomic E-state index is -0.681. The number of nitrogens with two attached hydrogens (primary N) is 2. The summed E-state index contributed by atoms with van der Waals surface area (Å²) in [5.41, 5.74) is 13.0. The van der Waals surface area contributed by atoms with Gasteiger partial charge in [0.1, 0.15) is 12.4 Å². The van der Waals surface area contributed by atoms with Crippen LogP contribution in [0.25, 0.3) is 0 Å². The van der Waals surface area contributed by atoms with Crippen molar-refractivity contribution in [3.05, 3.63) is 70.8 Å². The van der Waals surface area contributed by atoms with Crippen LogP contribution in [0.2, 0.25) is 5.15 Å². The minimum Gasteiger partial charge on any atom is -0.489 e. The molecule has 2 amide bonds. The molecule has 0 atom stereocenters. The number of carbonyl (C=O) groups excluding carboxylic acids is 2. The molecule has 3 aromatic rings. The predicted octanol–water partition coefficient (Wildman–Crippen LogP) is 1.95. The highest BCUT2D eigenvalue weighted by atomic mass is 35.5. The number of pyridine rings is 1. The monoisotopic (exact) mass is 563 g/mol. The number of hydrogen-bond acceptors (Lipinski definition) is 8. The first-order valence-corrected chi connectivity index (χ1v) is 13.3. The first-order chi connectivity index (χ1) is 19.3. The van der Waals surface area contributed by atoms with Crippen LogP contribution in [0, 0.1) is 0 Å². The van der Waals surface area contributed by atoms with Gasteiger partial charge in [0.25, 0.3) is 0 Å². The number of rotatable bonds is 7. The molecule has 0 bridgehead atoms. The Morgan fingerprint density at radius 3 is 2.48 bits per heavy atom. The van der Waals surface area contributed by atoms with E-state index < -0.39 is 5.91 Å². The summed E-state index contributed by atoms with van der Waals surface area (Å²) in [5, 5.41) is 6.34. The molecule has 13 heteroatoms. The van der Waals surface area contributed by atoms with Crippen molar-refractivity contribution in [2.75, 3.05) is 31.1 Å². The number of benzene rings is 1. The van der Waals surface area contributed by atoms with Crippen molar-refractivity contribution < 1.29 is 14.3 Å². The maximum Gasteiger partial charge on any atom is 0.302 e. The van der Waals surface area contributed by atoms with Crippen molar-refractivity contribution >= 4 is 41.0 Å². The zero-order chi connectivity index (χ0) is 28.1. The largest absolute Gasteiger partial charge is 0.489 e. The van der Waals surface area contributed by atoms with Crippen LogP contribution in [-0.2, 0) is 17.8 Å². The molecule has 12 nitrogen and oxygen atoms in total. The molecular weight excluding hydrogens is 534 g/mol. The molecule has 0 aliphatic carbocycles. The van der Waals surface area contributed by atoms with Crippen molar-refractivity contribution in [1.29, 1.82) is 0 Å². The number of aromatic nitrogens is 3. The van der Waals surface area contributed by atoms with Crippen molar-refractivity contribution in [1.82, 2.24) is 30.5 Å². The van der Waals surface area contributed by atoms with Crippen LogP contribution in [0.15, 0.2) is 53.8 Å². The van der Waals surface area contributed by atoms with Gasteiger partial charge < -0.3 is 31.7 Å². The smallest absolute Gasteiger partial charge is 0.302 e. The van der Waals surface area contributed by atoms with Gasteiger partial charge >= 0.3 is 5.91 Å². The summed E-state index contributed by atoms with van der Waals surface area (Å²) in [6.07, 6.45) is 6.01. The predicted molar refractivity (Wildman–Crippen MR) is 151 cm³/mol. The Morgan fingerprint density at radius 2 is 1.75 bits per heavy atom. The standard InChI is InChI=1S/C27H30ClN9O3/c28-22-24(30)34-23(29)21(33-22)25(39)35-26-32-16-27(36-26)9-13-37(14-10-27)20(38)6-3-17-1-4-19(5-2-17)40-15-18-7-11-31-12-8-18/h1-2,4-5,7-8,11-12H,3,6,9-10,13-16H2,(H4,29,30,34)(H2,32,35,36,39). The van der Waals surface area contributed by atoms with Gasteiger partial charge in [0, 0.05) is 38.4 Å². The molecule has 0 radical (unpaired) electrons. The summed E-state index contributed by atoms with van der Waals surface area (Å²) < 4.78 is 5.82. The van der Waals surface area contributed by atoms with Crippen LogP contribution in [-0.4, -0.2) is 62.8 Å². The second-order valence-electron chi connectivity index (χ2n) is 9.83. The van der Waals surface area contributed by atoms with Gasteiger partial charge in [-0.3, -0.25) is 14.6 Å². The summed E-state index contributed by atoms with van der Waals surface area (Å²) in [4.78, 5) is 43.2. The molecule has 2 aliphatic heterocycles. The number of amides is 2. The molecule has 2 saturated heterocycles. The first-order valence-electron chi connectivity index (χ1n) is 12.9. The molecule has 2 aromatic heterocycles. The van der Waals surface area contributed by atoms with Gasteiger partial charge in [-0.15, -0.1) is 0 Å². The van der Waals surface area contributed by atoms with E-state index >= 15 is 0 Å². The number of ether oxygens (including phenoxy) is 1. The zero-order valence-electron chi connectivity index (χ0n) is 21.8. The molecule has 4 heterocycles. The third-order valence-electron chi connectivity index (χ3n) is 7.08. The number of likely N-dealkylation sites (tertiary alicyclic amines) is 1. The quantitative estimate of drug-likeness (QED) is 0.332. The van der Waals surface area contributed by atoms with E-state index in [0.29, 0.717) is 45.0 Å². The lowest BCUT2D eigenvalue weighted by Gasteiger charge is -2.38. The molecule has 6 N–H and O–H groups in total. The Balaban J connectivity index is 1.07. The minimum absolute atomic E-state index is 0.0546. The van der Waals surface area contributed by atoms with Crippen LogP contribution >= 0.6 is 11.6 Å². The summed E-state index contributed by atoms with van der Waals surface area (Å²) in [7, 11) is 0. The Hall–Kier alpha value is -4.45. The molecule has 1 spiro atoms. The summed E-state index contributed by atoms with van der Waals surface area (Å²) in [6, 6.07) is 11.7. The Morgan fingerprint density at radius 1 is 1.02 bits per heavy atom. The van der Waals surface area contributed by atoms with E-state index in [1.807, 2.05) is 41.3 Å². The lowest BCUT2D eigenvalue weighted by atomic mass is 9.88. The van der Waals surface area contributed by atoms with Crippen molar-refractivity contribution in [2.24, 2.45) is 4.99 Å². The van der Waals surface area contributed by atoms with E-state index in [2.05, 4.69) is 30.6 Å². The first kappa shape index (κ1) is 27.1. The molecule has 2 aliphatic rings. The zero-order valence-corrected chi connectivity index (χ0v) is 22.5. The molecule has 0 unspecified atom stereocenters. The van der Waals surface area contributed by atoms with Crippen molar-refractivity contribution in [2.45, 2.75) is 37.8 Å². The topological polar surface area (TPSA) is 174 Å². The number of anilines is 2. The van der Waals surface area contributed by atoms with E-state index in [1.54, 1.807) is 12.4 Å². The summed E-state index contributed by atoms with van der Waals surface area (Å²) >= 11 is 5.87. The van der Waals surface area contributed by atoms with E-state index in [9.17, 15) is 9.59 Å². The second-order valence-corrected chi connectivity index (χ2v) is 10.2. The lowest BCUT2D eigenvalue weighted by Crippen LogP contribution is -2.53. The number of guanidine groups is 1. The number of nitrogens with one attached hydrogen (secondary N) is 2.